The Morgan fingerprint density at radius 3 is 2.47 bits per heavy atom. The van der Waals surface area contributed by atoms with Crippen molar-refractivity contribution in [3.05, 3.63) is 35.4 Å². The summed E-state index contributed by atoms with van der Waals surface area (Å²) in [6, 6.07) is 3.89. The molecule has 1 atom stereocenters. The first-order valence-electron chi connectivity index (χ1n) is 5.88. The average molecular weight is 269 g/mol. The Labute approximate surface area is 108 Å². The SMILES string of the molecule is O=CN(C1CC1)C(C(=O)O)c1cccc(C(F)F)c1. The lowest BCUT2D eigenvalue weighted by atomic mass is 10.0. The van der Waals surface area contributed by atoms with Gasteiger partial charge in [-0.25, -0.2) is 13.6 Å². The molecule has 2 rings (SSSR count). The summed E-state index contributed by atoms with van der Waals surface area (Å²) in [6.07, 6.45) is -0.695. The molecule has 0 bridgehead atoms. The molecule has 0 saturated heterocycles. The van der Waals surface area contributed by atoms with Crippen LogP contribution in [0.2, 0.25) is 0 Å². The number of aliphatic carboxylic acids is 1. The number of rotatable bonds is 6. The number of carbonyl (C=O) groups excluding carboxylic acids is 1. The van der Waals surface area contributed by atoms with E-state index in [-0.39, 0.29) is 17.2 Å². The van der Waals surface area contributed by atoms with Gasteiger partial charge in [0, 0.05) is 11.6 Å². The molecule has 1 aromatic carbocycles. The van der Waals surface area contributed by atoms with E-state index in [4.69, 9.17) is 0 Å². The van der Waals surface area contributed by atoms with Gasteiger partial charge in [0.05, 0.1) is 0 Å². The molecule has 1 fully saturated rings. The van der Waals surface area contributed by atoms with Crippen molar-refractivity contribution < 1.29 is 23.5 Å². The first-order valence-corrected chi connectivity index (χ1v) is 5.88. The predicted octanol–water partition coefficient (Wildman–Crippen LogP) is 2.37. The van der Waals surface area contributed by atoms with Crippen molar-refractivity contribution in [2.45, 2.75) is 31.4 Å². The standard InChI is InChI=1S/C13H13F2NO3/c14-12(15)9-3-1-2-8(6-9)11(13(18)19)16(7-17)10-4-5-10/h1-3,6-7,10-12H,4-5H2,(H,18,19). The topological polar surface area (TPSA) is 57.6 Å². The molecular formula is C13H13F2NO3. The minimum Gasteiger partial charge on any atom is -0.479 e. The number of halogens is 2. The minimum absolute atomic E-state index is 0.103. The second kappa shape index (κ2) is 5.34. The smallest absolute Gasteiger partial charge is 0.331 e. The second-order valence-electron chi connectivity index (χ2n) is 4.50. The number of benzene rings is 1. The molecule has 4 nitrogen and oxygen atoms in total. The van der Waals surface area contributed by atoms with E-state index < -0.39 is 18.4 Å². The predicted molar refractivity (Wildman–Crippen MR) is 62.7 cm³/mol. The van der Waals surface area contributed by atoms with E-state index >= 15 is 0 Å². The fourth-order valence-corrected chi connectivity index (χ4v) is 2.04. The third-order valence-electron chi connectivity index (χ3n) is 3.10. The molecule has 1 aliphatic rings. The molecule has 1 N–H and O–H groups in total. The zero-order valence-corrected chi connectivity index (χ0v) is 10.00. The van der Waals surface area contributed by atoms with Gasteiger partial charge in [0.15, 0.2) is 6.04 Å². The molecular weight excluding hydrogens is 256 g/mol. The Morgan fingerprint density at radius 1 is 1.37 bits per heavy atom. The lowest BCUT2D eigenvalue weighted by Gasteiger charge is -2.25. The molecule has 0 spiro atoms. The molecule has 1 aliphatic carbocycles. The first kappa shape index (κ1) is 13.5. The lowest BCUT2D eigenvalue weighted by Crippen LogP contribution is -2.34. The summed E-state index contributed by atoms with van der Waals surface area (Å²) in [7, 11) is 0. The van der Waals surface area contributed by atoms with Crippen LogP contribution in [-0.2, 0) is 9.59 Å². The summed E-state index contributed by atoms with van der Waals surface area (Å²) < 4.78 is 25.3. The maximum Gasteiger partial charge on any atom is 0.331 e. The number of alkyl halides is 2. The van der Waals surface area contributed by atoms with Gasteiger partial charge in [-0.3, -0.25) is 4.79 Å². The highest BCUT2D eigenvalue weighted by molar-refractivity contribution is 5.78. The zero-order valence-electron chi connectivity index (χ0n) is 10.00. The second-order valence-corrected chi connectivity index (χ2v) is 4.50. The third kappa shape index (κ3) is 2.89. The minimum atomic E-state index is -2.67. The molecule has 6 heteroatoms. The van der Waals surface area contributed by atoms with E-state index in [1.165, 1.54) is 23.1 Å². The van der Waals surface area contributed by atoms with Gasteiger partial charge in [-0.05, 0) is 24.5 Å². The van der Waals surface area contributed by atoms with Crippen LogP contribution in [-0.4, -0.2) is 28.4 Å². The van der Waals surface area contributed by atoms with Crippen LogP contribution in [0.4, 0.5) is 8.78 Å². The summed E-state index contributed by atoms with van der Waals surface area (Å²) in [6.45, 7) is 0. The Hall–Kier alpha value is -1.98. The van der Waals surface area contributed by atoms with Crippen molar-refractivity contribution in [3.8, 4) is 0 Å². The van der Waals surface area contributed by atoms with Crippen molar-refractivity contribution in [2.75, 3.05) is 0 Å². The monoisotopic (exact) mass is 269 g/mol. The number of carbonyl (C=O) groups is 2. The number of carboxylic acid groups (broad SMARTS) is 1. The van der Waals surface area contributed by atoms with Gasteiger partial charge in [0.25, 0.3) is 6.43 Å². The Morgan fingerprint density at radius 2 is 2.00 bits per heavy atom. The Bertz CT molecular complexity index is 489. The van der Waals surface area contributed by atoms with Crippen molar-refractivity contribution in [3.63, 3.8) is 0 Å². The fourth-order valence-electron chi connectivity index (χ4n) is 2.04. The number of hydrogen-bond acceptors (Lipinski definition) is 2. The number of carboxylic acids is 1. The molecule has 1 amide bonds. The van der Waals surface area contributed by atoms with Gasteiger partial charge in [-0.1, -0.05) is 18.2 Å². The van der Waals surface area contributed by atoms with Gasteiger partial charge in [-0.15, -0.1) is 0 Å². The summed E-state index contributed by atoms with van der Waals surface area (Å²) in [5, 5.41) is 9.25. The van der Waals surface area contributed by atoms with Crippen molar-refractivity contribution in [2.24, 2.45) is 0 Å². The van der Waals surface area contributed by atoms with Crippen molar-refractivity contribution >= 4 is 12.4 Å². The van der Waals surface area contributed by atoms with Crippen molar-refractivity contribution in [1.82, 2.24) is 4.90 Å². The summed E-state index contributed by atoms with van der Waals surface area (Å²) >= 11 is 0. The molecule has 102 valence electrons. The van der Waals surface area contributed by atoms with Crippen LogP contribution in [0.5, 0.6) is 0 Å². The molecule has 0 aliphatic heterocycles. The number of amides is 1. The maximum atomic E-state index is 12.6. The van der Waals surface area contributed by atoms with Crippen molar-refractivity contribution in [1.29, 1.82) is 0 Å². The summed E-state index contributed by atoms with van der Waals surface area (Å²) in [5.41, 5.74) is -0.0466. The van der Waals surface area contributed by atoms with E-state index in [9.17, 15) is 23.5 Å². The normalized spacial score (nSPS) is 16.2. The van der Waals surface area contributed by atoms with Crippen LogP contribution < -0.4 is 0 Å². The molecule has 1 saturated carbocycles. The lowest BCUT2D eigenvalue weighted by molar-refractivity contribution is -0.147. The Balaban J connectivity index is 2.35. The van der Waals surface area contributed by atoms with Gasteiger partial charge in [0.2, 0.25) is 6.41 Å². The van der Waals surface area contributed by atoms with E-state index in [0.29, 0.717) is 6.41 Å². The van der Waals surface area contributed by atoms with E-state index in [2.05, 4.69) is 0 Å². The van der Waals surface area contributed by atoms with Gasteiger partial charge >= 0.3 is 5.97 Å². The van der Waals surface area contributed by atoms with E-state index in [1.807, 2.05) is 0 Å². The molecule has 19 heavy (non-hydrogen) atoms. The molecule has 0 aromatic heterocycles. The van der Waals surface area contributed by atoms with Crippen LogP contribution in [0.3, 0.4) is 0 Å². The van der Waals surface area contributed by atoms with Crippen LogP contribution in [0, 0.1) is 0 Å². The quantitative estimate of drug-likeness (QED) is 0.806. The summed E-state index contributed by atoms with van der Waals surface area (Å²) in [4.78, 5) is 23.6. The zero-order chi connectivity index (χ0) is 14.0. The van der Waals surface area contributed by atoms with Gasteiger partial charge < -0.3 is 10.0 Å². The molecule has 0 heterocycles. The first-order chi connectivity index (χ1) is 9.04. The number of hydrogen-bond donors (Lipinski definition) is 1. The average Bonchev–Trinajstić information content (AvgIpc) is 3.19. The highest BCUT2D eigenvalue weighted by Gasteiger charge is 2.37. The third-order valence-corrected chi connectivity index (χ3v) is 3.10. The van der Waals surface area contributed by atoms with E-state index in [0.717, 1.165) is 18.9 Å². The van der Waals surface area contributed by atoms with Crippen LogP contribution in [0.25, 0.3) is 0 Å². The summed E-state index contributed by atoms with van der Waals surface area (Å²) in [5.74, 6) is -1.22. The highest BCUT2D eigenvalue weighted by Crippen LogP contribution is 2.34. The van der Waals surface area contributed by atoms with Crippen LogP contribution in [0.1, 0.15) is 36.4 Å². The van der Waals surface area contributed by atoms with Crippen LogP contribution >= 0.6 is 0 Å². The molecule has 1 aromatic rings. The van der Waals surface area contributed by atoms with Crippen LogP contribution in [0.15, 0.2) is 24.3 Å². The largest absolute Gasteiger partial charge is 0.479 e. The number of nitrogens with zero attached hydrogens (tertiary/aromatic N) is 1. The fraction of sp³-hybridized carbons (Fsp3) is 0.385. The van der Waals surface area contributed by atoms with Gasteiger partial charge in [-0.2, -0.15) is 0 Å². The van der Waals surface area contributed by atoms with Gasteiger partial charge in [0.1, 0.15) is 0 Å². The maximum absolute atomic E-state index is 12.6. The Kier molecular flexibility index (Phi) is 3.78. The molecule has 0 radical (unpaired) electrons. The molecule has 1 unspecified atom stereocenters. The van der Waals surface area contributed by atoms with E-state index in [1.54, 1.807) is 0 Å². The highest BCUT2D eigenvalue weighted by atomic mass is 19.3.